The van der Waals surface area contributed by atoms with Gasteiger partial charge in [0.1, 0.15) is 5.75 Å². The van der Waals surface area contributed by atoms with E-state index in [1.807, 2.05) is 32.9 Å². The number of carbonyl (C=O) groups is 1. The fraction of sp³-hybridized carbons (Fsp3) is 0.364. The maximum absolute atomic E-state index is 10.7. The molecular weight excluding hydrogens is 164 g/mol. The van der Waals surface area contributed by atoms with Gasteiger partial charge >= 0.3 is 0 Å². The van der Waals surface area contributed by atoms with Gasteiger partial charge in [0.15, 0.2) is 6.29 Å². The van der Waals surface area contributed by atoms with Crippen molar-refractivity contribution in [1.82, 2.24) is 0 Å². The second-order valence-electron chi connectivity index (χ2n) is 3.51. The smallest absolute Gasteiger partial charge is 0.154 e. The van der Waals surface area contributed by atoms with Crippen LogP contribution in [0.25, 0.3) is 0 Å². The maximum Gasteiger partial charge on any atom is 0.154 e. The average molecular weight is 178 g/mol. The molecule has 1 rings (SSSR count). The molecule has 0 unspecified atom stereocenters. The molecular formula is C11H14O2. The lowest BCUT2D eigenvalue weighted by molar-refractivity contribution is 0.112. The molecule has 1 aromatic rings. The highest BCUT2D eigenvalue weighted by atomic mass is 16.3. The number of aryl methyl sites for hydroxylation is 1. The van der Waals surface area contributed by atoms with Gasteiger partial charge in [0, 0.05) is 0 Å². The average Bonchev–Trinajstić information content (AvgIpc) is 2.04. The van der Waals surface area contributed by atoms with Gasteiger partial charge < -0.3 is 5.11 Å². The summed E-state index contributed by atoms with van der Waals surface area (Å²) in [6.07, 6.45) is 0.705. The van der Waals surface area contributed by atoms with Crippen LogP contribution in [-0.2, 0) is 0 Å². The van der Waals surface area contributed by atoms with E-state index in [9.17, 15) is 9.90 Å². The van der Waals surface area contributed by atoms with Crippen molar-refractivity contribution in [2.24, 2.45) is 0 Å². The van der Waals surface area contributed by atoms with Crippen LogP contribution in [0, 0.1) is 6.92 Å². The summed E-state index contributed by atoms with van der Waals surface area (Å²) in [6.45, 7) is 5.78. The summed E-state index contributed by atoms with van der Waals surface area (Å²) in [7, 11) is 0. The van der Waals surface area contributed by atoms with Crippen LogP contribution < -0.4 is 0 Å². The van der Waals surface area contributed by atoms with Crippen LogP contribution in [0.3, 0.4) is 0 Å². The molecule has 0 saturated heterocycles. The van der Waals surface area contributed by atoms with E-state index in [0.717, 1.165) is 11.1 Å². The molecule has 0 aromatic heterocycles. The Morgan fingerprint density at radius 2 is 2.00 bits per heavy atom. The number of hydrogen-bond donors (Lipinski definition) is 1. The Labute approximate surface area is 78.2 Å². The first kappa shape index (κ1) is 9.78. The molecule has 0 saturated carbocycles. The molecule has 0 radical (unpaired) electrons. The molecule has 0 aliphatic rings. The molecule has 0 atom stereocenters. The third-order valence-corrected chi connectivity index (χ3v) is 2.21. The molecule has 70 valence electrons. The van der Waals surface area contributed by atoms with Crippen molar-refractivity contribution < 1.29 is 9.90 Å². The van der Waals surface area contributed by atoms with E-state index < -0.39 is 0 Å². The first-order valence-electron chi connectivity index (χ1n) is 4.35. The first-order chi connectivity index (χ1) is 6.07. The van der Waals surface area contributed by atoms with E-state index >= 15 is 0 Å². The molecule has 2 heteroatoms. The molecule has 0 amide bonds. The van der Waals surface area contributed by atoms with Gasteiger partial charge in [-0.2, -0.15) is 0 Å². The Morgan fingerprint density at radius 1 is 1.38 bits per heavy atom. The molecule has 0 bridgehead atoms. The number of aldehydes is 1. The van der Waals surface area contributed by atoms with Crippen molar-refractivity contribution in [2.75, 3.05) is 0 Å². The molecule has 0 heterocycles. The van der Waals surface area contributed by atoms with Crippen LogP contribution in [0.2, 0.25) is 0 Å². The molecule has 2 nitrogen and oxygen atoms in total. The minimum Gasteiger partial charge on any atom is -0.507 e. The maximum atomic E-state index is 10.7. The Balaban J connectivity index is 3.35. The fourth-order valence-electron chi connectivity index (χ4n) is 1.34. The standard InChI is InChI=1S/C11H14O2/c1-7(2)9-5-4-8(3)10(6-12)11(9)13/h4-7,13H,1-3H3. The lowest BCUT2D eigenvalue weighted by Gasteiger charge is -2.11. The number of benzene rings is 1. The summed E-state index contributed by atoms with van der Waals surface area (Å²) in [5.41, 5.74) is 2.05. The summed E-state index contributed by atoms with van der Waals surface area (Å²) in [4.78, 5) is 10.7. The predicted molar refractivity (Wildman–Crippen MR) is 52.3 cm³/mol. The van der Waals surface area contributed by atoms with Crippen molar-refractivity contribution in [2.45, 2.75) is 26.7 Å². The second kappa shape index (κ2) is 3.60. The third-order valence-electron chi connectivity index (χ3n) is 2.21. The SMILES string of the molecule is Cc1ccc(C(C)C)c(O)c1C=O. The van der Waals surface area contributed by atoms with Crippen LogP contribution in [-0.4, -0.2) is 11.4 Å². The second-order valence-corrected chi connectivity index (χ2v) is 3.51. The zero-order chi connectivity index (χ0) is 10.0. The van der Waals surface area contributed by atoms with Gasteiger partial charge in [0.2, 0.25) is 0 Å². The summed E-state index contributed by atoms with van der Waals surface area (Å²) in [5.74, 6) is 0.365. The van der Waals surface area contributed by atoms with Crippen LogP contribution in [0.15, 0.2) is 12.1 Å². The number of rotatable bonds is 2. The lowest BCUT2D eigenvalue weighted by Crippen LogP contribution is -1.94. The lowest BCUT2D eigenvalue weighted by atomic mass is 9.97. The number of aromatic hydroxyl groups is 1. The van der Waals surface area contributed by atoms with E-state index in [-0.39, 0.29) is 11.7 Å². The molecule has 0 aliphatic carbocycles. The van der Waals surface area contributed by atoms with Gasteiger partial charge in [-0.25, -0.2) is 0 Å². The molecule has 13 heavy (non-hydrogen) atoms. The summed E-state index contributed by atoms with van der Waals surface area (Å²) in [5, 5.41) is 9.71. The Hall–Kier alpha value is -1.31. The first-order valence-corrected chi connectivity index (χ1v) is 4.35. The number of phenols is 1. The Morgan fingerprint density at radius 3 is 2.46 bits per heavy atom. The van der Waals surface area contributed by atoms with Crippen molar-refractivity contribution in [3.63, 3.8) is 0 Å². The van der Waals surface area contributed by atoms with Crippen LogP contribution in [0.4, 0.5) is 0 Å². The third kappa shape index (κ3) is 1.72. The van der Waals surface area contributed by atoms with Crippen LogP contribution in [0.5, 0.6) is 5.75 Å². The highest BCUT2D eigenvalue weighted by Crippen LogP contribution is 2.29. The summed E-state index contributed by atoms with van der Waals surface area (Å²) in [6, 6.07) is 3.72. The van der Waals surface area contributed by atoms with Gasteiger partial charge in [-0.3, -0.25) is 4.79 Å². The van der Waals surface area contributed by atoms with Gasteiger partial charge in [-0.1, -0.05) is 26.0 Å². The molecule has 0 fully saturated rings. The van der Waals surface area contributed by atoms with Crippen molar-refractivity contribution in [3.05, 3.63) is 28.8 Å². The predicted octanol–water partition coefficient (Wildman–Crippen LogP) is 2.64. The van der Waals surface area contributed by atoms with Gasteiger partial charge in [0.25, 0.3) is 0 Å². The quantitative estimate of drug-likeness (QED) is 0.707. The fourth-order valence-corrected chi connectivity index (χ4v) is 1.34. The van der Waals surface area contributed by atoms with Gasteiger partial charge in [-0.15, -0.1) is 0 Å². The molecule has 1 aromatic carbocycles. The van der Waals surface area contributed by atoms with E-state index in [1.165, 1.54) is 0 Å². The van der Waals surface area contributed by atoms with Crippen molar-refractivity contribution >= 4 is 6.29 Å². The normalized spacial score (nSPS) is 10.5. The number of carbonyl (C=O) groups excluding carboxylic acids is 1. The Kier molecular flexibility index (Phi) is 2.71. The molecule has 0 spiro atoms. The largest absolute Gasteiger partial charge is 0.507 e. The van der Waals surface area contributed by atoms with E-state index in [2.05, 4.69) is 0 Å². The zero-order valence-corrected chi connectivity index (χ0v) is 8.16. The molecule has 1 N–H and O–H groups in total. The monoisotopic (exact) mass is 178 g/mol. The minimum atomic E-state index is 0.130. The minimum absolute atomic E-state index is 0.130. The van der Waals surface area contributed by atoms with Crippen molar-refractivity contribution in [1.29, 1.82) is 0 Å². The highest BCUT2D eigenvalue weighted by Gasteiger charge is 2.11. The zero-order valence-electron chi connectivity index (χ0n) is 8.16. The van der Waals surface area contributed by atoms with E-state index in [1.54, 1.807) is 0 Å². The summed E-state index contributed by atoms with van der Waals surface area (Å²) >= 11 is 0. The van der Waals surface area contributed by atoms with Crippen LogP contribution in [0.1, 0.15) is 41.3 Å². The summed E-state index contributed by atoms with van der Waals surface area (Å²) < 4.78 is 0. The number of phenolic OH excluding ortho intramolecular Hbond substituents is 1. The highest BCUT2D eigenvalue weighted by molar-refractivity contribution is 5.82. The van der Waals surface area contributed by atoms with Crippen LogP contribution >= 0.6 is 0 Å². The molecule has 0 aliphatic heterocycles. The topological polar surface area (TPSA) is 37.3 Å². The number of hydrogen-bond acceptors (Lipinski definition) is 2. The van der Waals surface area contributed by atoms with Gasteiger partial charge in [-0.05, 0) is 24.0 Å². The van der Waals surface area contributed by atoms with Gasteiger partial charge in [0.05, 0.1) is 5.56 Å². The van der Waals surface area contributed by atoms with E-state index in [4.69, 9.17) is 0 Å². The van der Waals surface area contributed by atoms with E-state index in [0.29, 0.717) is 11.8 Å². The van der Waals surface area contributed by atoms with Crippen molar-refractivity contribution in [3.8, 4) is 5.75 Å². The Bertz CT molecular complexity index is 327.